The molecule has 2 aromatic rings. The van der Waals surface area contributed by atoms with Crippen molar-refractivity contribution in [1.29, 1.82) is 0 Å². The van der Waals surface area contributed by atoms with Gasteiger partial charge in [0.2, 0.25) is 0 Å². The summed E-state index contributed by atoms with van der Waals surface area (Å²) in [6, 6.07) is 10.0. The second-order valence-corrected chi connectivity index (χ2v) is 5.67. The highest BCUT2D eigenvalue weighted by Crippen LogP contribution is 2.27. The van der Waals surface area contributed by atoms with Crippen LogP contribution in [0.3, 0.4) is 0 Å². The van der Waals surface area contributed by atoms with Gasteiger partial charge in [-0.25, -0.2) is 0 Å². The zero-order chi connectivity index (χ0) is 14.5. The van der Waals surface area contributed by atoms with E-state index >= 15 is 0 Å². The van der Waals surface area contributed by atoms with Crippen LogP contribution in [-0.4, -0.2) is 23.0 Å². The van der Waals surface area contributed by atoms with Crippen LogP contribution in [0.1, 0.15) is 18.4 Å². The van der Waals surface area contributed by atoms with Gasteiger partial charge in [0, 0.05) is 19.8 Å². The van der Waals surface area contributed by atoms with Crippen LogP contribution >= 0.6 is 11.6 Å². The highest BCUT2D eigenvalue weighted by atomic mass is 35.5. The largest absolute Gasteiger partial charge is 0.484 e. The molecule has 0 atom stereocenters. The van der Waals surface area contributed by atoms with E-state index in [1.54, 1.807) is 6.20 Å². The van der Waals surface area contributed by atoms with Gasteiger partial charge in [0.25, 0.3) is 0 Å². The number of ether oxygens (including phenoxy) is 2. The predicted molar refractivity (Wildman–Crippen MR) is 81.6 cm³/mol. The van der Waals surface area contributed by atoms with Crippen molar-refractivity contribution in [3.8, 4) is 5.75 Å². The Morgan fingerprint density at radius 2 is 2.00 bits per heavy atom. The van der Waals surface area contributed by atoms with Crippen molar-refractivity contribution in [2.75, 3.05) is 13.2 Å². The number of aromatic nitrogens is 2. The normalized spacial score (nSPS) is 16.0. The fourth-order valence-corrected chi connectivity index (χ4v) is 2.70. The van der Waals surface area contributed by atoms with Crippen molar-refractivity contribution < 1.29 is 9.47 Å². The molecular formula is C16H19ClN2O2. The number of rotatable bonds is 5. The highest BCUT2D eigenvalue weighted by molar-refractivity contribution is 6.31. The van der Waals surface area contributed by atoms with E-state index < -0.39 is 0 Å². The molecule has 112 valence electrons. The van der Waals surface area contributed by atoms with Gasteiger partial charge < -0.3 is 9.47 Å². The van der Waals surface area contributed by atoms with Crippen LogP contribution in [0.15, 0.2) is 36.5 Å². The molecule has 1 aliphatic rings. The van der Waals surface area contributed by atoms with Gasteiger partial charge in [-0.3, -0.25) is 4.68 Å². The number of halogens is 1. The third kappa shape index (κ3) is 3.77. The molecule has 1 fully saturated rings. The molecule has 21 heavy (non-hydrogen) atoms. The maximum Gasteiger partial charge on any atom is 0.176 e. The van der Waals surface area contributed by atoms with E-state index in [9.17, 15) is 0 Å². The Bertz CT molecular complexity index is 565. The summed E-state index contributed by atoms with van der Waals surface area (Å²) in [7, 11) is 0. The summed E-state index contributed by atoms with van der Waals surface area (Å²) >= 11 is 6.35. The van der Waals surface area contributed by atoms with E-state index in [0.29, 0.717) is 23.4 Å². The molecule has 2 heterocycles. The molecule has 5 heteroatoms. The van der Waals surface area contributed by atoms with Crippen molar-refractivity contribution in [2.45, 2.75) is 26.0 Å². The molecule has 1 aliphatic heterocycles. The van der Waals surface area contributed by atoms with Crippen molar-refractivity contribution in [1.82, 2.24) is 9.78 Å². The predicted octanol–water partition coefficient (Wildman–Crippen LogP) is 3.54. The lowest BCUT2D eigenvalue weighted by atomic mass is 10.0. The first-order valence-electron chi connectivity index (χ1n) is 7.28. The first-order chi connectivity index (χ1) is 10.3. The van der Waals surface area contributed by atoms with E-state index in [0.717, 1.165) is 38.2 Å². The SMILES string of the molecule is Clc1c(OCc2ccccc2)cnn1CC1CCOCC1. The zero-order valence-corrected chi connectivity index (χ0v) is 12.6. The van der Waals surface area contributed by atoms with Crippen LogP contribution in [0.2, 0.25) is 5.15 Å². The minimum absolute atomic E-state index is 0.503. The van der Waals surface area contributed by atoms with Crippen LogP contribution in [0.5, 0.6) is 5.75 Å². The molecule has 3 rings (SSSR count). The van der Waals surface area contributed by atoms with Crippen molar-refractivity contribution in [3.05, 3.63) is 47.2 Å². The van der Waals surface area contributed by atoms with Gasteiger partial charge >= 0.3 is 0 Å². The molecule has 0 aliphatic carbocycles. The van der Waals surface area contributed by atoms with Crippen LogP contribution in [0, 0.1) is 5.92 Å². The maximum absolute atomic E-state index is 6.35. The molecule has 0 N–H and O–H groups in total. The Kier molecular flexibility index (Phi) is 4.78. The fourth-order valence-electron chi connectivity index (χ4n) is 2.49. The van der Waals surface area contributed by atoms with Crippen molar-refractivity contribution in [3.63, 3.8) is 0 Å². The summed E-state index contributed by atoms with van der Waals surface area (Å²) in [5, 5.41) is 4.92. The van der Waals surface area contributed by atoms with Crippen LogP contribution in [-0.2, 0) is 17.9 Å². The number of nitrogens with zero attached hydrogens (tertiary/aromatic N) is 2. The van der Waals surface area contributed by atoms with Gasteiger partial charge in [-0.1, -0.05) is 41.9 Å². The van der Waals surface area contributed by atoms with Crippen LogP contribution in [0.4, 0.5) is 0 Å². The lowest BCUT2D eigenvalue weighted by molar-refractivity contribution is 0.0601. The summed E-state index contributed by atoms with van der Waals surface area (Å²) in [5.74, 6) is 1.23. The second kappa shape index (κ2) is 6.96. The summed E-state index contributed by atoms with van der Waals surface area (Å²) in [4.78, 5) is 0. The minimum Gasteiger partial charge on any atom is -0.484 e. The first kappa shape index (κ1) is 14.4. The summed E-state index contributed by atoms with van der Waals surface area (Å²) < 4.78 is 13.0. The smallest absolute Gasteiger partial charge is 0.176 e. The standard InChI is InChI=1S/C16H19ClN2O2/c17-16-15(21-12-14-4-2-1-3-5-14)10-18-19(16)11-13-6-8-20-9-7-13/h1-5,10,13H,6-9,11-12H2. The highest BCUT2D eigenvalue weighted by Gasteiger charge is 2.18. The van der Waals surface area contributed by atoms with Gasteiger partial charge in [-0.2, -0.15) is 5.10 Å². The fraction of sp³-hybridized carbons (Fsp3) is 0.438. The monoisotopic (exact) mass is 306 g/mol. The number of hydrogen-bond acceptors (Lipinski definition) is 3. The van der Waals surface area contributed by atoms with Gasteiger partial charge in [0.1, 0.15) is 6.61 Å². The van der Waals surface area contributed by atoms with Crippen molar-refractivity contribution in [2.24, 2.45) is 5.92 Å². The molecule has 0 bridgehead atoms. The Morgan fingerprint density at radius 1 is 1.24 bits per heavy atom. The van der Waals surface area contributed by atoms with E-state index in [-0.39, 0.29) is 0 Å². The molecule has 0 saturated carbocycles. The minimum atomic E-state index is 0.503. The van der Waals surface area contributed by atoms with E-state index in [1.807, 2.05) is 35.0 Å². The van der Waals surface area contributed by atoms with E-state index in [1.165, 1.54) is 0 Å². The first-order valence-corrected chi connectivity index (χ1v) is 7.66. The third-order valence-electron chi connectivity index (χ3n) is 3.75. The van der Waals surface area contributed by atoms with Gasteiger partial charge in [0.15, 0.2) is 10.9 Å². The Hall–Kier alpha value is -1.52. The average Bonchev–Trinajstić information content (AvgIpc) is 2.88. The Balaban J connectivity index is 1.59. The molecule has 4 nitrogen and oxygen atoms in total. The third-order valence-corrected chi connectivity index (χ3v) is 4.13. The zero-order valence-electron chi connectivity index (χ0n) is 11.9. The van der Waals surface area contributed by atoms with E-state index in [2.05, 4.69) is 5.10 Å². The topological polar surface area (TPSA) is 36.3 Å². The van der Waals surface area contributed by atoms with Gasteiger partial charge in [-0.15, -0.1) is 0 Å². The second-order valence-electron chi connectivity index (χ2n) is 5.31. The lowest BCUT2D eigenvalue weighted by Gasteiger charge is -2.22. The van der Waals surface area contributed by atoms with E-state index in [4.69, 9.17) is 21.1 Å². The Labute approximate surface area is 129 Å². The lowest BCUT2D eigenvalue weighted by Crippen LogP contribution is -2.20. The van der Waals surface area contributed by atoms with Crippen LogP contribution < -0.4 is 4.74 Å². The van der Waals surface area contributed by atoms with Gasteiger partial charge in [-0.05, 0) is 24.3 Å². The summed E-state index contributed by atoms with van der Waals surface area (Å²) in [6.07, 6.45) is 3.83. The van der Waals surface area contributed by atoms with Crippen LogP contribution in [0.25, 0.3) is 0 Å². The summed E-state index contributed by atoms with van der Waals surface area (Å²) in [6.45, 7) is 3.00. The molecule has 0 radical (unpaired) electrons. The molecule has 0 unspecified atom stereocenters. The molecule has 1 saturated heterocycles. The molecular weight excluding hydrogens is 288 g/mol. The maximum atomic E-state index is 6.35. The van der Waals surface area contributed by atoms with Crippen molar-refractivity contribution >= 4 is 11.6 Å². The average molecular weight is 307 g/mol. The molecule has 1 aromatic carbocycles. The Morgan fingerprint density at radius 3 is 2.76 bits per heavy atom. The molecule has 0 spiro atoms. The summed E-state index contributed by atoms with van der Waals surface area (Å²) in [5.41, 5.74) is 1.12. The quantitative estimate of drug-likeness (QED) is 0.847. The number of benzene rings is 1. The van der Waals surface area contributed by atoms with Gasteiger partial charge in [0.05, 0.1) is 6.20 Å². The number of hydrogen-bond donors (Lipinski definition) is 0. The molecule has 0 amide bonds. The molecule has 1 aromatic heterocycles.